The summed E-state index contributed by atoms with van der Waals surface area (Å²) in [6, 6.07) is 12.6. The molecule has 0 aliphatic carbocycles. The maximum absolute atomic E-state index is 11.9. The average Bonchev–Trinajstić information content (AvgIpc) is 2.87. The molecule has 1 heterocycles. The molecule has 0 aliphatic rings. The third kappa shape index (κ3) is 3.17. The number of amides is 1. The van der Waals surface area contributed by atoms with Crippen LogP contribution < -0.4 is 10.2 Å². The summed E-state index contributed by atoms with van der Waals surface area (Å²) in [6.45, 7) is 1.77. The summed E-state index contributed by atoms with van der Waals surface area (Å²) >= 11 is 5.93. The van der Waals surface area contributed by atoms with Gasteiger partial charge in [-0.15, -0.1) is 5.10 Å². The molecule has 0 radical (unpaired) electrons. The van der Waals surface area contributed by atoms with Gasteiger partial charge in [-0.1, -0.05) is 28.6 Å². The molecule has 7 heteroatoms. The zero-order chi connectivity index (χ0) is 15.5. The van der Waals surface area contributed by atoms with Crippen LogP contribution in [-0.4, -0.2) is 27.7 Å². The molecule has 0 fully saturated rings. The molecule has 6 nitrogen and oxygen atoms in total. The number of hydrogen-bond acceptors (Lipinski definition) is 4. The van der Waals surface area contributed by atoms with Crippen LogP contribution >= 0.6 is 11.6 Å². The first-order valence-electron chi connectivity index (χ1n) is 6.62. The molecule has 0 saturated carbocycles. The predicted molar refractivity (Wildman–Crippen MR) is 83.8 cm³/mol. The van der Waals surface area contributed by atoms with Crippen molar-refractivity contribution in [1.29, 1.82) is 0 Å². The van der Waals surface area contributed by atoms with Gasteiger partial charge in [0.15, 0.2) is 6.61 Å². The van der Waals surface area contributed by atoms with E-state index in [9.17, 15) is 4.79 Å². The van der Waals surface area contributed by atoms with E-state index in [1.54, 1.807) is 18.2 Å². The smallest absolute Gasteiger partial charge is 0.265 e. The normalized spacial score (nSPS) is 10.6. The van der Waals surface area contributed by atoms with Gasteiger partial charge in [0.05, 0.1) is 0 Å². The fraction of sp³-hybridized carbons (Fsp3) is 0.133. The van der Waals surface area contributed by atoms with Crippen molar-refractivity contribution >= 4 is 34.2 Å². The van der Waals surface area contributed by atoms with Gasteiger partial charge in [0.1, 0.15) is 11.0 Å². The molecule has 1 N–H and O–H groups in total. The van der Waals surface area contributed by atoms with E-state index < -0.39 is 0 Å². The van der Waals surface area contributed by atoms with Gasteiger partial charge in [-0.25, -0.2) is 0 Å². The maximum atomic E-state index is 11.9. The molecule has 1 aromatic heterocycles. The Hall–Kier alpha value is -2.60. The van der Waals surface area contributed by atoms with Crippen molar-refractivity contribution in [3.63, 3.8) is 0 Å². The van der Waals surface area contributed by atoms with Gasteiger partial charge in [0.25, 0.3) is 5.91 Å². The van der Waals surface area contributed by atoms with E-state index in [1.807, 2.05) is 31.2 Å². The lowest BCUT2D eigenvalue weighted by Crippen LogP contribution is -2.26. The van der Waals surface area contributed by atoms with Crippen LogP contribution in [0.2, 0.25) is 5.02 Å². The summed E-state index contributed by atoms with van der Waals surface area (Å²) in [7, 11) is 0. The molecular weight excluding hydrogens is 304 g/mol. The van der Waals surface area contributed by atoms with Gasteiger partial charge in [0, 0.05) is 10.7 Å². The van der Waals surface area contributed by atoms with E-state index in [0.29, 0.717) is 16.1 Å². The highest BCUT2D eigenvalue weighted by atomic mass is 35.5. The molecule has 0 atom stereocenters. The second-order valence-electron chi connectivity index (χ2n) is 4.79. The van der Waals surface area contributed by atoms with Crippen LogP contribution in [0.1, 0.15) is 5.56 Å². The average molecular weight is 317 g/mol. The number of benzene rings is 2. The molecule has 3 aromatic rings. The molecule has 0 bridgehead atoms. The van der Waals surface area contributed by atoms with Crippen LogP contribution in [0.4, 0.5) is 5.69 Å². The Morgan fingerprint density at radius 1 is 1.32 bits per heavy atom. The lowest BCUT2D eigenvalue weighted by molar-refractivity contribution is -0.121. The van der Waals surface area contributed by atoms with Crippen LogP contribution in [0.3, 0.4) is 0 Å². The van der Waals surface area contributed by atoms with E-state index in [4.69, 9.17) is 16.4 Å². The Morgan fingerprint density at radius 2 is 2.18 bits per heavy atom. The van der Waals surface area contributed by atoms with E-state index >= 15 is 0 Å². The first kappa shape index (κ1) is 14.3. The third-order valence-corrected chi connectivity index (χ3v) is 3.23. The number of anilines is 1. The molecule has 0 saturated heterocycles. The Bertz CT molecular complexity index is 831. The molecule has 112 valence electrons. The number of carbonyl (C=O) groups excluding carboxylic acids is 1. The first-order chi connectivity index (χ1) is 10.6. The summed E-state index contributed by atoms with van der Waals surface area (Å²) in [6.07, 6.45) is 0. The zero-order valence-electron chi connectivity index (χ0n) is 11.8. The molecule has 0 aliphatic heterocycles. The van der Waals surface area contributed by atoms with Gasteiger partial charge < -0.3 is 10.2 Å². The van der Waals surface area contributed by atoms with E-state index in [-0.39, 0.29) is 12.5 Å². The molecule has 0 spiro atoms. The Balaban J connectivity index is 1.66. The van der Waals surface area contributed by atoms with Crippen molar-refractivity contribution in [2.45, 2.75) is 6.92 Å². The summed E-state index contributed by atoms with van der Waals surface area (Å²) in [5.74, 6) is -0.281. The van der Waals surface area contributed by atoms with E-state index in [2.05, 4.69) is 15.6 Å². The fourth-order valence-corrected chi connectivity index (χ4v) is 2.17. The van der Waals surface area contributed by atoms with Crippen LogP contribution in [0.25, 0.3) is 11.0 Å². The van der Waals surface area contributed by atoms with E-state index in [0.717, 1.165) is 11.3 Å². The summed E-state index contributed by atoms with van der Waals surface area (Å²) in [5.41, 5.74) is 3.04. The lowest BCUT2D eigenvalue weighted by Gasteiger charge is -2.07. The van der Waals surface area contributed by atoms with Gasteiger partial charge in [0.2, 0.25) is 0 Å². The van der Waals surface area contributed by atoms with Crippen LogP contribution in [0.5, 0.6) is 0 Å². The summed E-state index contributed by atoms with van der Waals surface area (Å²) < 4.78 is 0. The minimum Gasteiger partial charge on any atom is -0.385 e. The highest BCUT2D eigenvalue weighted by molar-refractivity contribution is 6.31. The second kappa shape index (κ2) is 6.03. The molecule has 2 aromatic carbocycles. The van der Waals surface area contributed by atoms with Crippen molar-refractivity contribution in [1.82, 2.24) is 15.2 Å². The van der Waals surface area contributed by atoms with Gasteiger partial charge in [-0.3, -0.25) is 4.79 Å². The highest BCUT2D eigenvalue weighted by Crippen LogP contribution is 2.16. The highest BCUT2D eigenvalue weighted by Gasteiger charge is 2.09. The van der Waals surface area contributed by atoms with Crippen molar-refractivity contribution in [3.8, 4) is 0 Å². The lowest BCUT2D eigenvalue weighted by atomic mass is 10.2. The number of aryl methyl sites for hydroxylation is 1. The third-order valence-electron chi connectivity index (χ3n) is 3.00. The van der Waals surface area contributed by atoms with Gasteiger partial charge in [-0.05, 0) is 48.0 Å². The monoisotopic (exact) mass is 316 g/mol. The first-order valence-corrected chi connectivity index (χ1v) is 7.00. The SMILES string of the molecule is Cc1cccc(NC(=O)COn2nnc3ccc(Cl)cc32)c1. The molecule has 0 unspecified atom stereocenters. The van der Waals surface area contributed by atoms with Crippen molar-refractivity contribution in [2.75, 3.05) is 11.9 Å². The minimum atomic E-state index is -0.281. The zero-order valence-corrected chi connectivity index (χ0v) is 12.5. The topological polar surface area (TPSA) is 69.0 Å². The number of nitrogens with one attached hydrogen (secondary N) is 1. The molecule has 1 amide bonds. The van der Waals surface area contributed by atoms with Crippen molar-refractivity contribution < 1.29 is 9.63 Å². The van der Waals surface area contributed by atoms with Crippen molar-refractivity contribution in [2.24, 2.45) is 0 Å². The maximum Gasteiger partial charge on any atom is 0.265 e. The minimum absolute atomic E-state index is 0.182. The second-order valence-corrected chi connectivity index (χ2v) is 5.22. The molecule has 22 heavy (non-hydrogen) atoms. The number of halogens is 1. The summed E-state index contributed by atoms with van der Waals surface area (Å²) in [4.78, 5) is 18.4. The largest absolute Gasteiger partial charge is 0.385 e. The molecular formula is C15H13ClN4O2. The Morgan fingerprint density at radius 3 is 3.00 bits per heavy atom. The van der Waals surface area contributed by atoms with Gasteiger partial charge in [-0.2, -0.15) is 0 Å². The van der Waals surface area contributed by atoms with E-state index in [1.165, 1.54) is 4.85 Å². The number of nitrogens with zero attached hydrogens (tertiary/aromatic N) is 3. The number of hydrogen-bond donors (Lipinski definition) is 1. The Kier molecular flexibility index (Phi) is 3.93. The van der Waals surface area contributed by atoms with Crippen LogP contribution in [-0.2, 0) is 4.79 Å². The molecule has 3 rings (SSSR count). The predicted octanol–water partition coefficient (Wildman–Crippen LogP) is 2.46. The quantitative estimate of drug-likeness (QED) is 0.802. The van der Waals surface area contributed by atoms with Crippen molar-refractivity contribution in [3.05, 3.63) is 53.1 Å². The van der Waals surface area contributed by atoms with Gasteiger partial charge >= 0.3 is 0 Å². The number of carbonyl (C=O) groups is 1. The fourth-order valence-electron chi connectivity index (χ4n) is 2.01. The number of aromatic nitrogens is 3. The number of rotatable bonds is 4. The Labute approximate surface area is 131 Å². The van der Waals surface area contributed by atoms with Crippen LogP contribution in [0, 0.1) is 6.92 Å². The standard InChI is InChI=1S/C15H13ClN4O2/c1-10-3-2-4-12(7-10)17-15(21)9-22-20-14-8-11(16)5-6-13(14)18-19-20/h2-8H,9H2,1H3,(H,17,21). The van der Waals surface area contributed by atoms with Crippen LogP contribution in [0.15, 0.2) is 42.5 Å². The number of fused-ring (bicyclic) bond motifs is 1. The summed E-state index contributed by atoms with van der Waals surface area (Å²) in [5, 5.41) is 11.1.